The van der Waals surface area contributed by atoms with Gasteiger partial charge in [-0.2, -0.15) is 0 Å². The molecule has 0 bridgehead atoms. The maximum atomic E-state index is 8.74. The van der Waals surface area contributed by atoms with Crippen LogP contribution in [0.25, 0.3) is 0 Å². The van der Waals surface area contributed by atoms with Crippen molar-refractivity contribution >= 4 is 0 Å². The summed E-state index contributed by atoms with van der Waals surface area (Å²) in [5, 5.41) is 38.2. The van der Waals surface area contributed by atoms with Crippen molar-refractivity contribution in [3.8, 4) is 0 Å². The molecule has 2 rings (SSSR count). The third kappa shape index (κ3) is 20.0. The zero-order chi connectivity index (χ0) is 21.9. The molecule has 0 aliphatic heterocycles. The molecule has 2 aromatic rings. The molecule has 0 spiro atoms. The van der Waals surface area contributed by atoms with E-state index >= 15 is 0 Å². The fourth-order valence-corrected chi connectivity index (χ4v) is 2.02. The smallest absolute Gasteiger partial charge is 0.394 e. The van der Waals surface area contributed by atoms with Crippen LogP contribution in [0.15, 0.2) is 48.8 Å². The van der Waals surface area contributed by atoms with Crippen molar-refractivity contribution < 1.29 is 39.5 Å². The van der Waals surface area contributed by atoms with Crippen molar-refractivity contribution in [1.29, 1.82) is 0 Å². The first kappa shape index (κ1) is 29.4. The van der Waals surface area contributed by atoms with Crippen LogP contribution in [-0.2, 0) is 37.3 Å². The van der Waals surface area contributed by atoms with E-state index in [4.69, 9.17) is 40.5 Å². The minimum atomic E-state index is -1.75. The molecule has 14 heteroatoms. The molecule has 0 unspecified atom stereocenters. The summed E-state index contributed by atoms with van der Waals surface area (Å²) in [7, 11) is 0. The maximum Gasteiger partial charge on any atom is 2.00 e. The van der Waals surface area contributed by atoms with Crippen LogP contribution in [0.5, 0.6) is 0 Å². The normalized spacial score (nSPS) is 9.27. The third-order valence-corrected chi connectivity index (χ3v) is 3.01. The Morgan fingerprint density at radius 2 is 1.30 bits per heavy atom. The second kappa shape index (κ2) is 19.5. The van der Waals surface area contributed by atoms with E-state index in [-0.39, 0.29) is 26.1 Å². The van der Waals surface area contributed by atoms with Crippen molar-refractivity contribution in [3.63, 3.8) is 0 Å². The van der Waals surface area contributed by atoms with Crippen LogP contribution in [0.1, 0.15) is 11.4 Å². The van der Waals surface area contributed by atoms with E-state index in [2.05, 4.69) is 14.9 Å². The first-order valence-corrected chi connectivity index (χ1v) is 8.19. The molecule has 0 atom stereocenters. The van der Waals surface area contributed by atoms with E-state index < -0.39 is 10.2 Å². The van der Waals surface area contributed by atoms with E-state index in [1.165, 1.54) is 0 Å². The molecule has 0 saturated carbocycles. The number of hydrogen-bond acceptors (Lipinski definition) is 11. The summed E-state index contributed by atoms with van der Waals surface area (Å²) in [5.41, 5.74) is 2.05. The molecular formula is C16H21N5O8Zn. The molecule has 2 heterocycles. The van der Waals surface area contributed by atoms with Crippen LogP contribution in [0.4, 0.5) is 0 Å². The topological polar surface area (TPSA) is 191 Å². The number of pyridine rings is 2. The van der Waals surface area contributed by atoms with Crippen LogP contribution in [0.3, 0.4) is 0 Å². The molecule has 30 heavy (non-hydrogen) atoms. The van der Waals surface area contributed by atoms with Crippen LogP contribution >= 0.6 is 0 Å². The Kier molecular flexibility index (Phi) is 19.1. The van der Waals surface area contributed by atoms with Gasteiger partial charge in [-0.1, -0.05) is 12.1 Å². The number of aromatic nitrogens is 2. The van der Waals surface area contributed by atoms with Gasteiger partial charge in [0.05, 0.1) is 41.4 Å². The van der Waals surface area contributed by atoms with Crippen molar-refractivity contribution in [2.45, 2.75) is 13.1 Å². The fourth-order valence-electron chi connectivity index (χ4n) is 2.02. The van der Waals surface area contributed by atoms with Gasteiger partial charge >= 0.3 is 19.5 Å². The molecule has 0 aromatic carbocycles. The minimum Gasteiger partial charge on any atom is -0.394 e. The predicted molar refractivity (Wildman–Crippen MR) is 101 cm³/mol. The Morgan fingerprint density at radius 1 is 0.867 bits per heavy atom. The number of ether oxygens (including phenoxy) is 1. The van der Waals surface area contributed by atoms with E-state index in [0.29, 0.717) is 13.2 Å². The van der Waals surface area contributed by atoms with Gasteiger partial charge in [0.25, 0.3) is 0 Å². The van der Waals surface area contributed by atoms with Gasteiger partial charge in [0, 0.05) is 32.0 Å². The van der Waals surface area contributed by atoms with Gasteiger partial charge in [0.1, 0.15) is 0 Å². The molecule has 13 nitrogen and oxygen atoms in total. The van der Waals surface area contributed by atoms with E-state index in [0.717, 1.165) is 31.0 Å². The summed E-state index contributed by atoms with van der Waals surface area (Å²) in [6, 6.07) is 11.8. The zero-order valence-electron chi connectivity index (χ0n) is 16.1. The third-order valence-electron chi connectivity index (χ3n) is 3.01. The quantitative estimate of drug-likeness (QED) is 0.235. The Balaban J connectivity index is 0. The molecule has 0 fully saturated rings. The zero-order valence-corrected chi connectivity index (χ0v) is 19.1. The Hall–Kier alpha value is -2.80. The first-order valence-electron chi connectivity index (χ1n) is 8.19. The SMILES string of the molecule is O=[N+]([O-])[O-].O=[N+]([O-])[O-].OCCOCCN(Cc1ccccn1)Cc1ccccn1.[Zn+2]. The minimum absolute atomic E-state index is 0. The molecule has 160 valence electrons. The van der Waals surface area contributed by atoms with E-state index in [1.54, 1.807) is 12.4 Å². The summed E-state index contributed by atoms with van der Waals surface area (Å²) in [5.74, 6) is 0. The number of hydrogen-bond donors (Lipinski definition) is 1. The molecule has 0 saturated heterocycles. The van der Waals surface area contributed by atoms with Gasteiger partial charge in [0.2, 0.25) is 0 Å². The predicted octanol–water partition coefficient (Wildman–Crippen LogP) is 1.01. The Morgan fingerprint density at radius 3 is 1.63 bits per heavy atom. The number of rotatable bonds is 9. The van der Waals surface area contributed by atoms with E-state index in [1.807, 2.05) is 36.4 Å². The van der Waals surface area contributed by atoms with Crippen LogP contribution in [0.2, 0.25) is 0 Å². The molecule has 1 N–H and O–H groups in total. The van der Waals surface area contributed by atoms with Crippen molar-refractivity contribution in [3.05, 3.63) is 90.8 Å². The van der Waals surface area contributed by atoms with Gasteiger partial charge < -0.3 is 40.5 Å². The van der Waals surface area contributed by atoms with Gasteiger partial charge in [-0.3, -0.25) is 14.9 Å². The monoisotopic (exact) mass is 475 g/mol. The van der Waals surface area contributed by atoms with E-state index in [9.17, 15) is 0 Å². The summed E-state index contributed by atoms with van der Waals surface area (Å²) in [6.07, 6.45) is 3.60. The van der Waals surface area contributed by atoms with Gasteiger partial charge in [-0.05, 0) is 24.3 Å². The van der Waals surface area contributed by atoms with Crippen LogP contribution in [-0.4, -0.2) is 56.5 Å². The van der Waals surface area contributed by atoms with Crippen molar-refractivity contribution in [2.75, 3.05) is 26.4 Å². The van der Waals surface area contributed by atoms with Crippen molar-refractivity contribution in [1.82, 2.24) is 14.9 Å². The molecule has 0 amide bonds. The molecular weight excluding hydrogens is 456 g/mol. The number of aliphatic hydroxyl groups excluding tert-OH is 1. The molecule has 0 aliphatic rings. The summed E-state index contributed by atoms with van der Waals surface area (Å²) >= 11 is 0. The number of aliphatic hydroxyl groups is 1. The molecule has 0 radical (unpaired) electrons. The standard InChI is InChI=1S/C16H21N3O2.2NO3.Zn/c20-10-12-21-11-9-19(13-15-5-1-3-7-17-15)14-16-6-2-4-8-18-16;2*2-1(3)4;/h1-8,20H,9-14H2;;;/q;2*-1;+2. The fraction of sp³-hybridized carbons (Fsp3) is 0.375. The first-order chi connectivity index (χ1) is 13.8. The van der Waals surface area contributed by atoms with Crippen molar-refractivity contribution in [2.24, 2.45) is 0 Å². The Labute approximate surface area is 184 Å². The van der Waals surface area contributed by atoms with Gasteiger partial charge in [0.15, 0.2) is 0 Å². The van der Waals surface area contributed by atoms with Gasteiger partial charge in [-0.15, -0.1) is 0 Å². The Bertz CT molecular complexity index is 622. The number of nitrogens with zero attached hydrogens (tertiary/aromatic N) is 5. The van der Waals surface area contributed by atoms with Crippen LogP contribution < -0.4 is 0 Å². The molecule has 0 aliphatic carbocycles. The molecule has 2 aromatic heterocycles. The second-order valence-corrected chi connectivity index (χ2v) is 5.14. The summed E-state index contributed by atoms with van der Waals surface area (Å²) in [6.45, 7) is 3.29. The van der Waals surface area contributed by atoms with Crippen LogP contribution in [0, 0.1) is 30.6 Å². The summed E-state index contributed by atoms with van der Waals surface area (Å²) in [4.78, 5) is 27.5. The van der Waals surface area contributed by atoms with Gasteiger partial charge in [-0.25, -0.2) is 0 Å². The average molecular weight is 477 g/mol. The summed E-state index contributed by atoms with van der Waals surface area (Å²) < 4.78 is 5.36. The largest absolute Gasteiger partial charge is 2.00 e. The average Bonchev–Trinajstić information content (AvgIpc) is 2.66. The second-order valence-electron chi connectivity index (χ2n) is 5.14. The maximum absolute atomic E-state index is 8.74.